The molecule has 0 bridgehead atoms. The number of rotatable bonds is 1. The SMILES string of the molecule is Nc1ccc(N2C(=O)C3CCCCC3C2=O)cc1F. The van der Waals surface area contributed by atoms with Gasteiger partial charge in [0.15, 0.2) is 0 Å². The van der Waals surface area contributed by atoms with Gasteiger partial charge in [-0.2, -0.15) is 0 Å². The maximum atomic E-state index is 13.5. The first-order valence-electron chi connectivity index (χ1n) is 6.52. The highest BCUT2D eigenvalue weighted by molar-refractivity contribution is 6.22. The Morgan fingerprint density at radius 1 is 1.11 bits per heavy atom. The monoisotopic (exact) mass is 262 g/mol. The van der Waals surface area contributed by atoms with Gasteiger partial charge in [0.25, 0.3) is 0 Å². The van der Waals surface area contributed by atoms with Gasteiger partial charge in [0.2, 0.25) is 11.8 Å². The van der Waals surface area contributed by atoms with Crippen LogP contribution in [-0.2, 0) is 9.59 Å². The summed E-state index contributed by atoms with van der Waals surface area (Å²) in [7, 11) is 0. The fraction of sp³-hybridized carbons (Fsp3) is 0.429. The van der Waals surface area contributed by atoms with Crippen molar-refractivity contribution in [1.29, 1.82) is 0 Å². The minimum absolute atomic E-state index is 0.0141. The average Bonchev–Trinajstić information content (AvgIpc) is 2.66. The quantitative estimate of drug-likeness (QED) is 0.622. The van der Waals surface area contributed by atoms with Crippen molar-refractivity contribution in [2.45, 2.75) is 25.7 Å². The molecule has 3 rings (SSSR count). The number of nitrogens with zero attached hydrogens (tertiary/aromatic N) is 1. The minimum atomic E-state index is -0.604. The Morgan fingerprint density at radius 3 is 2.21 bits per heavy atom. The van der Waals surface area contributed by atoms with Gasteiger partial charge in [-0.25, -0.2) is 9.29 Å². The van der Waals surface area contributed by atoms with E-state index in [1.54, 1.807) is 0 Å². The predicted octanol–water partition coefficient (Wildman–Crippen LogP) is 2.09. The molecule has 1 aromatic carbocycles. The van der Waals surface area contributed by atoms with E-state index in [2.05, 4.69) is 0 Å². The van der Waals surface area contributed by atoms with E-state index in [1.165, 1.54) is 12.1 Å². The summed E-state index contributed by atoms with van der Waals surface area (Å²) in [4.78, 5) is 25.7. The van der Waals surface area contributed by atoms with Gasteiger partial charge in [0, 0.05) is 6.07 Å². The molecule has 2 atom stereocenters. The highest BCUT2D eigenvalue weighted by Gasteiger charge is 2.48. The van der Waals surface area contributed by atoms with Crippen LogP contribution in [0.25, 0.3) is 0 Å². The van der Waals surface area contributed by atoms with E-state index in [9.17, 15) is 14.0 Å². The summed E-state index contributed by atoms with van der Waals surface area (Å²) >= 11 is 0. The van der Waals surface area contributed by atoms with Crippen LogP contribution < -0.4 is 10.6 Å². The zero-order valence-electron chi connectivity index (χ0n) is 10.4. The third-order valence-corrected chi connectivity index (χ3v) is 4.08. The Labute approximate surface area is 110 Å². The predicted molar refractivity (Wildman–Crippen MR) is 68.8 cm³/mol. The second-order valence-electron chi connectivity index (χ2n) is 5.22. The van der Waals surface area contributed by atoms with Crippen LogP contribution in [0.5, 0.6) is 0 Å². The molecule has 100 valence electrons. The van der Waals surface area contributed by atoms with E-state index in [0.29, 0.717) is 0 Å². The molecule has 1 saturated heterocycles. The lowest BCUT2D eigenvalue weighted by Gasteiger charge is -2.19. The van der Waals surface area contributed by atoms with E-state index >= 15 is 0 Å². The first-order chi connectivity index (χ1) is 9.09. The lowest BCUT2D eigenvalue weighted by atomic mass is 9.81. The van der Waals surface area contributed by atoms with Crippen LogP contribution in [0.3, 0.4) is 0 Å². The first-order valence-corrected chi connectivity index (χ1v) is 6.52. The number of imide groups is 1. The molecule has 0 aromatic heterocycles. The van der Waals surface area contributed by atoms with Crippen LogP contribution in [0.2, 0.25) is 0 Å². The smallest absolute Gasteiger partial charge is 0.237 e. The number of nitrogens with two attached hydrogens (primary N) is 1. The van der Waals surface area contributed by atoms with Gasteiger partial charge in [0.05, 0.1) is 23.2 Å². The normalized spacial score (nSPS) is 26.7. The molecular formula is C14H15FN2O2. The molecular weight excluding hydrogens is 247 g/mol. The summed E-state index contributed by atoms with van der Waals surface area (Å²) < 4.78 is 13.5. The summed E-state index contributed by atoms with van der Waals surface area (Å²) in [6.07, 6.45) is 3.46. The summed E-state index contributed by atoms with van der Waals surface area (Å²) in [5.74, 6) is -1.44. The van der Waals surface area contributed by atoms with Crippen molar-refractivity contribution in [3.05, 3.63) is 24.0 Å². The molecule has 5 heteroatoms. The molecule has 4 nitrogen and oxygen atoms in total. The Hall–Kier alpha value is -1.91. The highest BCUT2D eigenvalue weighted by Crippen LogP contribution is 2.40. The largest absolute Gasteiger partial charge is 0.396 e. The van der Waals surface area contributed by atoms with Crippen molar-refractivity contribution in [3.63, 3.8) is 0 Å². The van der Waals surface area contributed by atoms with Gasteiger partial charge in [-0.15, -0.1) is 0 Å². The van der Waals surface area contributed by atoms with Gasteiger partial charge >= 0.3 is 0 Å². The van der Waals surface area contributed by atoms with Crippen LogP contribution >= 0.6 is 0 Å². The number of amides is 2. The van der Waals surface area contributed by atoms with E-state index in [-0.39, 0.29) is 35.0 Å². The summed E-state index contributed by atoms with van der Waals surface area (Å²) in [5.41, 5.74) is 5.71. The molecule has 2 unspecified atom stereocenters. The van der Waals surface area contributed by atoms with Crippen LogP contribution in [0.15, 0.2) is 18.2 Å². The van der Waals surface area contributed by atoms with Crippen LogP contribution in [0.1, 0.15) is 25.7 Å². The fourth-order valence-corrected chi connectivity index (χ4v) is 3.07. The minimum Gasteiger partial charge on any atom is -0.396 e. The lowest BCUT2D eigenvalue weighted by Crippen LogP contribution is -2.30. The van der Waals surface area contributed by atoms with E-state index in [1.807, 2.05) is 0 Å². The van der Waals surface area contributed by atoms with Gasteiger partial charge in [0.1, 0.15) is 5.82 Å². The number of halogens is 1. The molecule has 1 aliphatic carbocycles. The number of anilines is 2. The number of hydrogen-bond acceptors (Lipinski definition) is 3. The molecule has 2 aliphatic rings. The van der Waals surface area contributed by atoms with E-state index in [0.717, 1.165) is 36.6 Å². The maximum absolute atomic E-state index is 13.5. The highest BCUT2D eigenvalue weighted by atomic mass is 19.1. The Kier molecular flexibility index (Phi) is 2.77. The molecule has 1 heterocycles. The van der Waals surface area contributed by atoms with Crippen molar-refractivity contribution < 1.29 is 14.0 Å². The number of carbonyl (C=O) groups excluding carboxylic acids is 2. The van der Waals surface area contributed by atoms with Gasteiger partial charge in [-0.1, -0.05) is 12.8 Å². The van der Waals surface area contributed by atoms with Crippen LogP contribution in [-0.4, -0.2) is 11.8 Å². The second kappa shape index (κ2) is 4.33. The zero-order valence-corrected chi connectivity index (χ0v) is 10.4. The summed E-state index contributed by atoms with van der Waals surface area (Å²) in [6.45, 7) is 0. The molecule has 0 radical (unpaired) electrons. The molecule has 19 heavy (non-hydrogen) atoms. The lowest BCUT2D eigenvalue weighted by molar-refractivity contribution is -0.122. The summed E-state index contributed by atoms with van der Waals surface area (Å²) in [6, 6.07) is 4.06. The number of hydrogen-bond donors (Lipinski definition) is 1. The zero-order chi connectivity index (χ0) is 13.6. The Bertz CT molecular complexity index is 534. The van der Waals surface area contributed by atoms with Gasteiger partial charge in [-0.3, -0.25) is 9.59 Å². The molecule has 2 fully saturated rings. The molecule has 2 amide bonds. The number of benzene rings is 1. The topological polar surface area (TPSA) is 63.4 Å². The third kappa shape index (κ3) is 1.80. The molecule has 1 aromatic rings. The molecule has 1 aliphatic heterocycles. The van der Waals surface area contributed by atoms with Gasteiger partial charge in [-0.05, 0) is 25.0 Å². The number of fused-ring (bicyclic) bond motifs is 1. The number of nitrogen functional groups attached to an aromatic ring is 1. The number of carbonyl (C=O) groups is 2. The van der Waals surface area contributed by atoms with Gasteiger partial charge < -0.3 is 5.73 Å². The Morgan fingerprint density at radius 2 is 1.68 bits per heavy atom. The standard InChI is InChI=1S/C14H15FN2O2/c15-11-7-8(5-6-12(11)16)17-13(18)9-3-1-2-4-10(9)14(17)19/h5-7,9-10H,1-4,16H2. The van der Waals surface area contributed by atoms with E-state index < -0.39 is 5.82 Å². The van der Waals surface area contributed by atoms with Crippen molar-refractivity contribution in [1.82, 2.24) is 0 Å². The average molecular weight is 262 g/mol. The van der Waals surface area contributed by atoms with E-state index in [4.69, 9.17) is 5.73 Å². The molecule has 2 N–H and O–H groups in total. The van der Waals surface area contributed by atoms with Crippen molar-refractivity contribution in [2.24, 2.45) is 11.8 Å². The Balaban J connectivity index is 1.98. The van der Waals surface area contributed by atoms with Crippen molar-refractivity contribution in [2.75, 3.05) is 10.6 Å². The maximum Gasteiger partial charge on any atom is 0.237 e. The van der Waals surface area contributed by atoms with Crippen LogP contribution in [0.4, 0.5) is 15.8 Å². The fourth-order valence-electron chi connectivity index (χ4n) is 3.07. The van der Waals surface area contributed by atoms with Crippen molar-refractivity contribution >= 4 is 23.2 Å². The van der Waals surface area contributed by atoms with Crippen molar-refractivity contribution in [3.8, 4) is 0 Å². The second-order valence-corrected chi connectivity index (χ2v) is 5.22. The molecule has 0 spiro atoms. The first kappa shape index (κ1) is 12.1. The third-order valence-electron chi connectivity index (χ3n) is 4.08. The summed E-state index contributed by atoms with van der Waals surface area (Å²) in [5, 5.41) is 0. The molecule has 1 saturated carbocycles. The van der Waals surface area contributed by atoms with Crippen LogP contribution in [0, 0.1) is 17.7 Å².